The predicted molar refractivity (Wildman–Crippen MR) is 56.4 cm³/mol. The van der Waals surface area contributed by atoms with Gasteiger partial charge < -0.3 is 9.47 Å². The first-order chi connectivity index (χ1) is 7.42. The van der Waals surface area contributed by atoms with Gasteiger partial charge in [-0.3, -0.25) is 14.4 Å². The third-order valence-electron chi connectivity index (χ3n) is 2.16. The van der Waals surface area contributed by atoms with E-state index in [1.54, 1.807) is 13.8 Å². The van der Waals surface area contributed by atoms with Crippen molar-refractivity contribution < 1.29 is 23.9 Å². The lowest BCUT2D eigenvalue weighted by atomic mass is 9.97. The van der Waals surface area contributed by atoms with E-state index in [4.69, 9.17) is 4.74 Å². The Kier molecular flexibility index (Phi) is 6.37. The zero-order valence-corrected chi connectivity index (χ0v) is 10.1. The van der Waals surface area contributed by atoms with Gasteiger partial charge in [-0.15, -0.1) is 0 Å². The van der Waals surface area contributed by atoms with E-state index in [-0.39, 0.29) is 0 Å². The van der Waals surface area contributed by atoms with Gasteiger partial charge in [-0.1, -0.05) is 13.8 Å². The van der Waals surface area contributed by atoms with E-state index < -0.39 is 29.9 Å². The molecule has 0 aliphatic heterocycles. The summed E-state index contributed by atoms with van der Waals surface area (Å²) >= 11 is 0. The second kappa shape index (κ2) is 6.98. The molecule has 0 amide bonds. The van der Waals surface area contributed by atoms with Gasteiger partial charge in [-0.2, -0.15) is 0 Å². The maximum atomic E-state index is 11.5. The predicted octanol–water partition coefficient (Wildman–Crippen LogP) is 1.44. The SMILES string of the molecule is CCC(OC(C)=O)[C@H](CC)C(=O)OC(C)=O. The van der Waals surface area contributed by atoms with Gasteiger partial charge in [0.2, 0.25) is 0 Å². The van der Waals surface area contributed by atoms with Crippen molar-refractivity contribution in [3.8, 4) is 0 Å². The molecule has 0 fully saturated rings. The summed E-state index contributed by atoms with van der Waals surface area (Å²) in [5, 5.41) is 0. The number of esters is 3. The number of rotatable bonds is 5. The molecule has 0 aromatic rings. The minimum absolute atomic E-state index is 0.444. The zero-order chi connectivity index (χ0) is 12.7. The maximum Gasteiger partial charge on any atom is 0.320 e. The van der Waals surface area contributed by atoms with Gasteiger partial charge in [0.15, 0.2) is 0 Å². The van der Waals surface area contributed by atoms with Crippen molar-refractivity contribution in [2.75, 3.05) is 0 Å². The van der Waals surface area contributed by atoms with Gasteiger partial charge in [0.1, 0.15) is 6.10 Å². The Bertz CT molecular complexity index is 272. The summed E-state index contributed by atoms with van der Waals surface area (Å²) in [6, 6.07) is 0. The van der Waals surface area contributed by atoms with Crippen LogP contribution in [-0.2, 0) is 23.9 Å². The molecular weight excluding hydrogens is 212 g/mol. The molecule has 16 heavy (non-hydrogen) atoms. The van der Waals surface area contributed by atoms with Crippen molar-refractivity contribution in [3.63, 3.8) is 0 Å². The van der Waals surface area contributed by atoms with Crippen molar-refractivity contribution >= 4 is 17.9 Å². The lowest BCUT2D eigenvalue weighted by Gasteiger charge is -2.22. The molecule has 5 nitrogen and oxygen atoms in total. The van der Waals surface area contributed by atoms with Crippen LogP contribution in [0.2, 0.25) is 0 Å². The average Bonchev–Trinajstić information content (AvgIpc) is 2.15. The molecule has 0 heterocycles. The van der Waals surface area contributed by atoms with Crippen LogP contribution in [0.15, 0.2) is 0 Å². The molecule has 0 aliphatic rings. The second-order valence-electron chi connectivity index (χ2n) is 3.48. The third-order valence-corrected chi connectivity index (χ3v) is 2.16. The molecule has 92 valence electrons. The van der Waals surface area contributed by atoms with E-state index >= 15 is 0 Å². The summed E-state index contributed by atoms with van der Waals surface area (Å²) in [6.45, 7) is 6.03. The molecule has 1 unspecified atom stereocenters. The highest BCUT2D eigenvalue weighted by atomic mass is 16.6. The average molecular weight is 230 g/mol. The number of hydrogen-bond donors (Lipinski definition) is 0. The Hall–Kier alpha value is -1.39. The minimum atomic E-state index is -0.652. The van der Waals surface area contributed by atoms with E-state index in [0.717, 1.165) is 6.92 Å². The molecule has 0 aromatic heterocycles. The van der Waals surface area contributed by atoms with Crippen LogP contribution in [0.4, 0.5) is 0 Å². The van der Waals surface area contributed by atoms with E-state index in [1.165, 1.54) is 6.92 Å². The van der Waals surface area contributed by atoms with Crippen LogP contribution < -0.4 is 0 Å². The number of hydrogen-bond acceptors (Lipinski definition) is 5. The van der Waals surface area contributed by atoms with Gasteiger partial charge in [0.05, 0.1) is 5.92 Å². The number of ether oxygens (including phenoxy) is 2. The first kappa shape index (κ1) is 14.6. The summed E-state index contributed by atoms with van der Waals surface area (Å²) in [6.07, 6.45) is 0.428. The molecule has 0 radical (unpaired) electrons. The fourth-order valence-corrected chi connectivity index (χ4v) is 1.46. The molecule has 0 spiro atoms. The lowest BCUT2D eigenvalue weighted by molar-refractivity contribution is -0.167. The monoisotopic (exact) mass is 230 g/mol. The highest BCUT2D eigenvalue weighted by molar-refractivity contribution is 5.86. The summed E-state index contributed by atoms with van der Waals surface area (Å²) in [5.41, 5.74) is 0. The molecule has 0 aliphatic carbocycles. The summed E-state index contributed by atoms with van der Waals surface area (Å²) in [5.74, 6) is -2.32. The van der Waals surface area contributed by atoms with Crippen molar-refractivity contribution in [2.45, 2.75) is 46.6 Å². The highest BCUT2D eigenvalue weighted by Crippen LogP contribution is 2.17. The quantitative estimate of drug-likeness (QED) is 0.528. The standard InChI is InChI=1S/C11H18O5/c1-5-9(11(14)16-8(4)13)10(6-2)15-7(3)12/h9-10H,5-6H2,1-4H3/t9-,10?/m0/s1. The first-order valence-corrected chi connectivity index (χ1v) is 5.31. The van der Waals surface area contributed by atoms with Gasteiger partial charge >= 0.3 is 17.9 Å². The normalized spacial score (nSPS) is 13.8. The highest BCUT2D eigenvalue weighted by Gasteiger charge is 2.30. The molecule has 2 atom stereocenters. The lowest BCUT2D eigenvalue weighted by Crippen LogP contribution is -2.33. The van der Waals surface area contributed by atoms with Crippen LogP contribution in [0.1, 0.15) is 40.5 Å². The van der Waals surface area contributed by atoms with Gasteiger partial charge in [-0.05, 0) is 12.8 Å². The zero-order valence-electron chi connectivity index (χ0n) is 10.1. The van der Waals surface area contributed by atoms with Gasteiger partial charge in [-0.25, -0.2) is 0 Å². The van der Waals surface area contributed by atoms with Crippen LogP contribution in [0.5, 0.6) is 0 Å². The molecule has 0 aromatic carbocycles. The Morgan fingerprint density at radius 1 is 1.00 bits per heavy atom. The van der Waals surface area contributed by atoms with Crippen LogP contribution in [0.25, 0.3) is 0 Å². The molecule has 0 saturated carbocycles. The molecular formula is C11H18O5. The summed E-state index contributed by atoms with van der Waals surface area (Å²) < 4.78 is 9.50. The maximum absolute atomic E-state index is 11.5. The Morgan fingerprint density at radius 3 is 1.88 bits per heavy atom. The summed E-state index contributed by atoms with van der Waals surface area (Å²) in [7, 11) is 0. The van der Waals surface area contributed by atoms with Crippen molar-refractivity contribution in [1.82, 2.24) is 0 Å². The van der Waals surface area contributed by atoms with Crippen LogP contribution in [0.3, 0.4) is 0 Å². The molecule has 0 saturated heterocycles. The topological polar surface area (TPSA) is 69.7 Å². The Morgan fingerprint density at radius 2 is 1.56 bits per heavy atom. The molecule has 0 rings (SSSR count). The number of carbonyl (C=O) groups is 3. The minimum Gasteiger partial charge on any atom is -0.462 e. The van der Waals surface area contributed by atoms with E-state index in [1.807, 2.05) is 0 Å². The van der Waals surface area contributed by atoms with Crippen LogP contribution >= 0.6 is 0 Å². The van der Waals surface area contributed by atoms with Crippen molar-refractivity contribution in [3.05, 3.63) is 0 Å². The largest absolute Gasteiger partial charge is 0.462 e. The first-order valence-electron chi connectivity index (χ1n) is 5.31. The number of carbonyl (C=O) groups excluding carboxylic acids is 3. The van der Waals surface area contributed by atoms with E-state index in [2.05, 4.69) is 4.74 Å². The van der Waals surface area contributed by atoms with Crippen molar-refractivity contribution in [1.29, 1.82) is 0 Å². The van der Waals surface area contributed by atoms with Gasteiger partial charge in [0.25, 0.3) is 0 Å². The fraction of sp³-hybridized carbons (Fsp3) is 0.727. The van der Waals surface area contributed by atoms with Gasteiger partial charge in [0, 0.05) is 13.8 Å². The molecule has 0 bridgehead atoms. The van der Waals surface area contributed by atoms with E-state index in [0.29, 0.717) is 12.8 Å². The molecule has 0 N–H and O–H groups in total. The van der Waals surface area contributed by atoms with Crippen molar-refractivity contribution in [2.24, 2.45) is 5.92 Å². The van der Waals surface area contributed by atoms with E-state index in [9.17, 15) is 14.4 Å². The fourth-order valence-electron chi connectivity index (χ4n) is 1.46. The molecule has 5 heteroatoms. The Labute approximate surface area is 95.1 Å². The van der Waals surface area contributed by atoms with Crippen LogP contribution in [-0.4, -0.2) is 24.0 Å². The smallest absolute Gasteiger partial charge is 0.320 e. The third kappa shape index (κ3) is 4.91. The Balaban J connectivity index is 4.59. The van der Waals surface area contributed by atoms with Crippen LogP contribution in [0, 0.1) is 5.92 Å². The summed E-state index contributed by atoms with van der Waals surface area (Å²) in [4.78, 5) is 33.0. The second-order valence-corrected chi connectivity index (χ2v) is 3.48.